The van der Waals surface area contributed by atoms with E-state index >= 15 is 0 Å². The Kier molecular flexibility index (Phi) is 4.49. The zero-order valence-electron chi connectivity index (χ0n) is 7.99. The van der Waals surface area contributed by atoms with Crippen LogP contribution in [0.3, 0.4) is 0 Å². The summed E-state index contributed by atoms with van der Waals surface area (Å²) < 4.78 is 4.99. The van der Waals surface area contributed by atoms with E-state index in [0.717, 1.165) is 11.3 Å². The van der Waals surface area contributed by atoms with Crippen LogP contribution in [0.25, 0.3) is 0 Å². The molecule has 76 valence electrons. The number of rotatable bonds is 4. The largest absolute Gasteiger partial charge is 0.380 e. The van der Waals surface area contributed by atoms with Crippen molar-refractivity contribution in [1.82, 2.24) is 0 Å². The van der Waals surface area contributed by atoms with Crippen molar-refractivity contribution in [2.45, 2.75) is 6.61 Å². The van der Waals surface area contributed by atoms with Gasteiger partial charge in [-0.1, -0.05) is 12.1 Å². The van der Waals surface area contributed by atoms with Gasteiger partial charge in [-0.2, -0.15) is 12.6 Å². The van der Waals surface area contributed by atoms with Crippen LogP contribution in [0.15, 0.2) is 24.3 Å². The number of anilines is 1. The molecule has 1 rings (SSSR count). The van der Waals surface area contributed by atoms with Gasteiger partial charge in [-0.25, -0.2) is 0 Å². The third-order valence-corrected chi connectivity index (χ3v) is 1.95. The molecule has 0 heterocycles. The molecule has 1 aromatic rings. The summed E-state index contributed by atoms with van der Waals surface area (Å²) in [5.74, 6) is 0.0806. The number of ether oxygens (including phenoxy) is 1. The normalized spacial score (nSPS) is 9.86. The van der Waals surface area contributed by atoms with E-state index in [0.29, 0.717) is 6.61 Å². The molecule has 0 unspecified atom stereocenters. The predicted octanol–water partition coefficient (Wildman–Crippen LogP) is 1.70. The van der Waals surface area contributed by atoms with Crippen LogP contribution in [0.4, 0.5) is 5.69 Å². The van der Waals surface area contributed by atoms with Gasteiger partial charge in [0.2, 0.25) is 5.91 Å². The van der Waals surface area contributed by atoms with Gasteiger partial charge in [0.05, 0.1) is 12.4 Å². The van der Waals surface area contributed by atoms with Gasteiger partial charge < -0.3 is 10.1 Å². The fourth-order valence-corrected chi connectivity index (χ4v) is 1.19. The lowest BCUT2D eigenvalue weighted by Gasteiger charge is -2.05. The quantitative estimate of drug-likeness (QED) is 0.744. The number of amides is 1. The number of carbonyl (C=O) groups is 1. The maximum Gasteiger partial charge on any atom is 0.234 e. The van der Waals surface area contributed by atoms with Crippen LogP contribution in [0, 0.1) is 0 Å². The Labute approximate surface area is 88.9 Å². The molecule has 0 aromatic heterocycles. The molecule has 0 fully saturated rings. The van der Waals surface area contributed by atoms with E-state index in [4.69, 9.17) is 4.74 Å². The summed E-state index contributed by atoms with van der Waals surface area (Å²) in [6.07, 6.45) is 0. The molecular formula is C10H13NO2S. The van der Waals surface area contributed by atoms with E-state index in [1.165, 1.54) is 0 Å². The fraction of sp³-hybridized carbons (Fsp3) is 0.300. The van der Waals surface area contributed by atoms with Gasteiger partial charge in [-0.05, 0) is 17.7 Å². The highest BCUT2D eigenvalue weighted by Gasteiger charge is 1.99. The number of carbonyl (C=O) groups excluding carboxylic acids is 1. The lowest BCUT2D eigenvalue weighted by molar-refractivity contribution is -0.113. The van der Waals surface area contributed by atoms with Crippen molar-refractivity contribution in [2.24, 2.45) is 0 Å². The minimum absolute atomic E-state index is 0.108. The third kappa shape index (κ3) is 3.40. The second-order valence-electron chi connectivity index (χ2n) is 2.84. The maximum atomic E-state index is 11.0. The fourth-order valence-electron chi connectivity index (χ4n) is 1.11. The van der Waals surface area contributed by atoms with Crippen LogP contribution >= 0.6 is 12.6 Å². The Balaban J connectivity index is 2.68. The van der Waals surface area contributed by atoms with Gasteiger partial charge in [0, 0.05) is 12.8 Å². The first kappa shape index (κ1) is 11.1. The molecule has 3 nitrogen and oxygen atoms in total. The molecule has 0 saturated carbocycles. The Bertz CT molecular complexity index is 315. The molecule has 0 saturated heterocycles. The molecule has 1 aromatic carbocycles. The zero-order chi connectivity index (χ0) is 10.4. The van der Waals surface area contributed by atoms with Gasteiger partial charge in [-0.15, -0.1) is 0 Å². The minimum atomic E-state index is -0.108. The van der Waals surface area contributed by atoms with E-state index in [-0.39, 0.29) is 11.7 Å². The molecule has 0 aliphatic heterocycles. The summed E-state index contributed by atoms with van der Waals surface area (Å²) in [6, 6.07) is 7.54. The topological polar surface area (TPSA) is 38.3 Å². The van der Waals surface area contributed by atoms with Crippen molar-refractivity contribution in [2.75, 3.05) is 18.2 Å². The van der Waals surface area contributed by atoms with E-state index in [1.54, 1.807) is 7.11 Å². The Morgan fingerprint density at radius 2 is 2.36 bits per heavy atom. The molecule has 1 N–H and O–H groups in total. The molecule has 0 aliphatic rings. The van der Waals surface area contributed by atoms with Crippen LogP contribution in [0.5, 0.6) is 0 Å². The highest BCUT2D eigenvalue weighted by molar-refractivity contribution is 7.81. The lowest BCUT2D eigenvalue weighted by Crippen LogP contribution is -2.12. The third-order valence-electron chi connectivity index (χ3n) is 1.67. The number of methoxy groups -OCH3 is 1. The molecule has 0 bridgehead atoms. The van der Waals surface area contributed by atoms with Crippen LogP contribution < -0.4 is 5.32 Å². The van der Waals surface area contributed by atoms with Crippen LogP contribution in [-0.2, 0) is 16.1 Å². The van der Waals surface area contributed by atoms with E-state index in [1.807, 2.05) is 24.3 Å². The maximum absolute atomic E-state index is 11.0. The number of thiol groups is 1. The van der Waals surface area contributed by atoms with Crippen LogP contribution in [0.1, 0.15) is 5.56 Å². The first-order chi connectivity index (χ1) is 6.76. The summed E-state index contributed by atoms with van der Waals surface area (Å²) in [7, 11) is 1.64. The van der Waals surface area contributed by atoms with Gasteiger partial charge in [0.1, 0.15) is 0 Å². The summed E-state index contributed by atoms with van der Waals surface area (Å²) >= 11 is 3.88. The van der Waals surface area contributed by atoms with Gasteiger partial charge >= 0.3 is 0 Å². The SMILES string of the molecule is COCc1cccc(NC(=O)CS)c1. The second kappa shape index (κ2) is 5.67. The Morgan fingerprint density at radius 3 is 3.00 bits per heavy atom. The summed E-state index contributed by atoms with van der Waals surface area (Å²) in [4.78, 5) is 11.0. The highest BCUT2D eigenvalue weighted by atomic mass is 32.1. The summed E-state index contributed by atoms with van der Waals surface area (Å²) in [6.45, 7) is 0.546. The van der Waals surface area contributed by atoms with Crippen molar-refractivity contribution in [3.05, 3.63) is 29.8 Å². The average molecular weight is 211 g/mol. The van der Waals surface area contributed by atoms with Crippen molar-refractivity contribution < 1.29 is 9.53 Å². The Hall–Kier alpha value is -1.00. The van der Waals surface area contributed by atoms with Crippen molar-refractivity contribution in [3.63, 3.8) is 0 Å². The molecule has 0 aliphatic carbocycles. The van der Waals surface area contributed by atoms with Crippen molar-refractivity contribution in [1.29, 1.82) is 0 Å². The van der Waals surface area contributed by atoms with Gasteiger partial charge in [0.25, 0.3) is 0 Å². The second-order valence-corrected chi connectivity index (χ2v) is 3.16. The highest BCUT2D eigenvalue weighted by Crippen LogP contribution is 2.11. The lowest BCUT2D eigenvalue weighted by atomic mass is 10.2. The number of hydrogen-bond acceptors (Lipinski definition) is 3. The first-order valence-corrected chi connectivity index (χ1v) is 4.88. The minimum Gasteiger partial charge on any atom is -0.380 e. The average Bonchev–Trinajstić information content (AvgIpc) is 2.19. The van der Waals surface area contributed by atoms with E-state index in [9.17, 15) is 4.79 Å². The number of hydrogen-bond donors (Lipinski definition) is 2. The monoisotopic (exact) mass is 211 g/mol. The number of nitrogens with one attached hydrogen (secondary N) is 1. The van der Waals surface area contributed by atoms with Crippen LogP contribution in [-0.4, -0.2) is 18.8 Å². The van der Waals surface area contributed by atoms with Gasteiger partial charge in [0.15, 0.2) is 0 Å². The standard InChI is InChI=1S/C10H13NO2S/c1-13-6-8-3-2-4-9(5-8)11-10(12)7-14/h2-5,14H,6-7H2,1H3,(H,11,12). The smallest absolute Gasteiger partial charge is 0.234 e. The zero-order valence-corrected chi connectivity index (χ0v) is 8.88. The van der Waals surface area contributed by atoms with Gasteiger partial charge in [-0.3, -0.25) is 4.79 Å². The molecule has 1 amide bonds. The Morgan fingerprint density at radius 1 is 1.57 bits per heavy atom. The molecule has 14 heavy (non-hydrogen) atoms. The molecular weight excluding hydrogens is 198 g/mol. The summed E-state index contributed by atoms with van der Waals surface area (Å²) in [5, 5.41) is 2.72. The predicted molar refractivity (Wildman–Crippen MR) is 59.6 cm³/mol. The molecule has 0 atom stereocenters. The molecule has 0 radical (unpaired) electrons. The van der Waals surface area contributed by atoms with Crippen LogP contribution in [0.2, 0.25) is 0 Å². The van der Waals surface area contributed by atoms with Crippen molar-refractivity contribution in [3.8, 4) is 0 Å². The van der Waals surface area contributed by atoms with E-state index in [2.05, 4.69) is 17.9 Å². The molecule has 4 heteroatoms. The first-order valence-electron chi connectivity index (χ1n) is 4.25. The van der Waals surface area contributed by atoms with E-state index < -0.39 is 0 Å². The molecule has 0 spiro atoms. The summed E-state index contributed by atoms with van der Waals surface area (Å²) in [5.41, 5.74) is 1.81. The number of benzene rings is 1. The van der Waals surface area contributed by atoms with Crippen molar-refractivity contribution >= 4 is 24.2 Å².